The molecule has 112 valence electrons. The highest BCUT2D eigenvalue weighted by Crippen LogP contribution is 2.27. The first-order chi connectivity index (χ1) is 9.05. The zero-order chi connectivity index (χ0) is 14.6. The van der Waals surface area contributed by atoms with Crippen molar-refractivity contribution in [2.45, 2.75) is 89.4 Å². The molecule has 0 aromatic rings. The second-order valence-corrected chi connectivity index (χ2v) is 7.40. The van der Waals surface area contributed by atoms with Crippen molar-refractivity contribution < 1.29 is 4.43 Å². The van der Waals surface area contributed by atoms with E-state index in [2.05, 4.69) is 26.2 Å². The lowest BCUT2D eigenvalue weighted by molar-refractivity contribution is 0.111. The highest BCUT2D eigenvalue weighted by Gasteiger charge is 2.22. The summed E-state index contributed by atoms with van der Waals surface area (Å²) in [4.78, 5) is 0. The molecule has 0 aliphatic carbocycles. The van der Waals surface area contributed by atoms with E-state index in [0.29, 0.717) is 5.25 Å². The summed E-state index contributed by atoms with van der Waals surface area (Å²) in [6.07, 6.45) is 11.5. The van der Waals surface area contributed by atoms with Gasteiger partial charge in [0, 0.05) is 5.25 Å². The van der Waals surface area contributed by atoms with Gasteiger partial charge in [-0.2, -0.15) is 5.26 Å². The van der Waals surface area contributed by atoms with Gasteiger partial charge in [-0.25, -0.2) is 0 Å². The molecule has 1 atom stereocenters. The van der Waals surface area contributed by atoms with Crippen molar-refractivity contribution in [3.05, 3.63) is 0 Å². The van der Waals surface area contributed by atoms with Gasteiger partial charge in [-0.3, -0.25) is 0 Å². The van der Waals surface area contributed by atoms with Gasteiger partial charge in [-0.05, 0) is 38.5 Å². The highest BCUT2D eigenvalue weighted by molar-refractivity contribution is 8.04. The molecule has 4 heteroatoms. The quantitative estimate of drug-likeness (QED) is 0.308. The molecule has 0 bridgehead atoms. The number of unbranched alkanes of at least 4 members (excludes halogenated alkanes) is 6. The van der Waals surface area contributed by atoms with Crippen molar-refractivity contribution in [3.8, 4) is 5.40 Å². The van der Waals surface area contributed by atoms with Crippen LogP contribution in [-0.2, 0) is 4.43 Å². The van der Waals surface area contributed by atoms with E-state index < -0.39 is 0 Å². The summed E-state index contributed by atoms with van der Waals surface area (Å²) < 4.78 is 5.60. The fraction of sp³-hybridized carbons (Fsp3) is 0.933. The molecule has 0 spiro atoms. The van der Waals surface area contributed by atoms with Gasteiger partial charge in [0.15, 0.2) is 0 Å². The largest absolute Gasteiger partial charge is 0.423 e. The number of hydrogen-bond donors (Lipinski definition) is 0. The van der Waals surface area contributed by atoms with Gasteiger partial charge in [0.25, 0.3) is 0 Å². The molecule has 0 aromatic carbocycles. The van der Waals surface area contributed by atoms with Crippen LogP contribution in [0, 0.1) is 10.7 Å². The number of hydrogen-bond acceptors (Lipinski definition) is 3. The number of thiocyanates is 1. The lowest BCUT2D eigenvalue weighted by Crippen LogP contribution is -2.27. The lowest BCUT2D eigenvalue weighted by atomic mass is 9.99. The van der Waals surface area contributed by atoms with Gasteiger partial charge in [0.05, 0.1) is 5.60 Å². The van der Waals surface area contributed by atoms with E-state index in [-0.39, 0.29) is 5.60 Å². The Kier molecular flexibility index (Phi) is 11.8. The van der Waals surface area contributed by atoms with Crippen LogP contribution in [0.3, 0.4) is 0 Å². The highest BCUT2D eigenvalue weighted by atomic mass is 32.2. The molecule has 0 heterocycles. The molecular formula is C15H31NOSSi. The number of rotatable bonds is 12. The Hall–Kier alpha value is 0.0169. The molecule has 19 heavy (non-hydrogen) atoms. The average Bonchev–Trinajstić information content (AvgIpc) is 2.37. The van der Waals surface area contributed by atoms with Crippen molar-refractivity contribution in [3.63, 3.8) is 0 Å². The summed E-state index contributed by atoms with van der Waals surface area (Å²) in [5.41, 5.74) is -0.0537. The zero-order valence-corrected chi connectivity index (χ0v) is 16.0. The maximum atomic E-state index is 8.89. The van der Waals surface area contributed by atoms with Crippen molar-refractivity contribution in [1.82, 2.24) is 0 Å². The van der Waals surface area contributed by atoms with E-state index in [9.17, 15) is 0 Å². The molecule has 2 nitrogen and oxygen atoms in total. The first-order valence-electron chi connectivity index (χ1n) is 7.65. The third-order valence-corrected chi connectivity index (χ3v) is 5.57. The molecule has 1 unspecified atom stereocenters. The molecule has 0 rings (SSSR count). The van der Waals surface area contributed by atoms with E-state index in [1.54, 1.807) is 0 Å². The summed E-state index contributed by atoms with van der Waals surface area (Å²) in [5.74, 6) is 0. The first-order valence-corrected chi connectivity index (χ1v) is 9.35. The summed E-state index contributed by atoms with van der Waals surface area (Å²) in [6, 6.07) is 0. The zero-order valence-electron chi connectivity index (χ0n) is 13.2. The SMILES string of the molecule is CCCCCCCCCC(CC(C)(C)O[SiH3])SC#N. The van der Waals surface area contributed by atoms with Gasteiger partial charge >= 0.3 is 0 Å². The Morgan fingerprint density at radius 1 is 1.16 bits per heavy atom. The van der Waals surface area contributed by atoms with E-state index >= 15 is 0 Å². The van der Waals surface area contributed by atoms with Gasteiger partial charge in [-0.1, -0.05) is 51.9 Å². The topological polar surface area (TPSA) is 33.0 Å². The van der Waals surface area contributed by atoms with E-state index in [1.807, 2.05) is 0 Å². The number of nitrogens with zero attached hydrogens (tertiary/aromatic N) is 1. The van der Waals surface area contributed by atoms with Crippen LogP contribution in [-0.4, -0.2) is 21.3 Å². The third-order valence-electron chi connectivity index (χ3n) is 3.62. The standard InChI is InChI=1S/C15H31NOSSi/c1-4-5-6-7-8-9-10-11-14(18-13-16)12-15(2,3)17-19/h14H,4-12H2,1-3,19H3. The van der Waals surface area contributed by atoms with Gasteiger partial charge in [0.1, 0.15) is 15.9 Å². The fourth-order valence-electron chi connectivity index (χ4n) is 2.24. The Morgan fingerprint density at radius 3 is 2.26 bits per heavy atom. The predicted molar refractivity (Wildman–Crippen MR) is 89.3 cm³/mol. The summed E-state index contributed by atoms with van der Waals surface area (Å²) >= 11 is 1.43. The third kappa shape index (κ3) is 11.5. The maximum absolute atomic E-state index is 8.89. The van der Waals surface area contributed by atoms with Crippen LogP contribution in [0.1, 0.15) is 78.6 Å². The monoisotopic (exact) mass is 301 g/mol. The van der Waals surface area contributed by atoms with Gasteiger partial charge in [-0.15, -0.1) is 0 Å². The average molecular weight is 302 g/mol. The Bertz CT molecular complexity index is 253. The molecule has 0 aromatic heterocycles. The van der Waals surface area contributed by atoms with Crippen LogP contribution >= 0.6 is 11.8 Å². The van der Waals surface area contributed by atoms with Crippen molar-refractivity contribution in [2.75, 3.05) is 0 Å². The predicted octanol–water partition coefficient (Wildman–Crippen LogP) is 4.18. The fourth-order valence-corrected chi connectivity index (χ4v) is 3.32. The first kappa shape index (κ1) is 19.0. The minimum Gasteiger partial charge on any atom is -0.423 e. The van der Waals surface area contributed by atoms with E-state index in [4.69, 9.17) is 9.69 Å². The maximum Gasteiger partial charge on any atom is 0.146 e. The second-order valence-electron chi connectivity index (χ2n) is 5.91. The van der Waals surface area contributed by atoms with Crippen LogP contribution in [0.25, 0.3) is 0 Å². The van der Waals surface area contributed by atoms with Gasteiger partial charge < -0.3 is 4.43 Å². The Labute approximate surface area is 127 Å². The molecule has 0 saturated carbocycles. The smallest absolute Gasteiger partial charge is 0.146 e. The minimum atomic E-state index is -0.0537. The van der Waals surface area contributed by atoms with E-state index in [0.717, 1.165) is 23.3 Å². The van der Waals surface area contributed by atoms with Gasteiger partial charge in [0.2, 0.25) is 0 Å². The molecular weight excluding hydrogens is 270 g/mol. The van der Waals surface area contributed by atoms with Crippen LogP contribution in [0.2, 0.25) is 0 Å². The molecule has 0 amide bonds. The van der Waals surface area contributed by atoms with Crippen LogP contribution < -0.4 is 0 Å². The van der Waals surface area contributed by atoms with E-state index in [1.165, 1.54) is 56.7 Å². The van der Waals surface area contributed by atoms with Crippen molar-refractivity contribution in [2.24, 2.45) is 0 Å². The lowest BCUT2D eigenvalue weighted by Gasteiger charge is -2.27. The normalized spacial score (nSPS) is 13.4. The molecule has 0 radical (unpaired) electrons. The van der Waals surface area contributed by atoms with Crippen LogP contribution in [0.15, 0.2) is 0 Å². The Balaban J connectivity index is 3.74. The molecule has 0 aliphatic heterocycles. The second kappa shape index (κ2) is 11.8. The Morgan fingerprint density at radius 2 is 1.74 bits per heavy atom. The summed E-state index contributed by atoms with van der Waals surface area (Å²) in [6.45, 7) is 6.52. The van der Waals surface area contributed by atoms with Crippen molar-refractivity contribution in [1.29, 1.82) is 5.26 Å². The molecule has 0 N–H and O–H groups in total. The summed E-state index contributed by atoms with van der Waals surface area (Å²) in [7, 11) is 0.771. The van der Waals surface area contributed by atoms with Crippen LogP contribution in [0.4, 0.5) is 0 Å². The van der Waals surface area contributed by atoms with Crippen LogP contribution in [0.5, 0.6) is 0 Å². The molecule has 0 fully saturated rings. The minimum absolute atomic E-state index is 0.0537. The molecule has 0 saturated heterocycles. The summed E-state index contributed by atoms with van der Waals surface area (Å²) in [5, 5.41) is 11.6. The number of nitriles is 1. The molecule has 0 aliphatic rings. The van der Waals surface area contributed by atoms with Crippen molar-refractivity contribution >= 4 is 22.2 Å². The number of thioether (sulfide) groups is 1.